The van der Waals surface area contributed by atoms with Gasteiger partial charge in [0.1, 0.15) is 17.6 Å². The van der Waals surface area contributed by atoms with Crippen LogP contribution < -0.4 is 19.5 Å². The van der Waals surface area contributed by atoms with Crippen molar-refractivity contribution in [3.05, 3.63) is 23.9 Å². The fourth-order valence-corrected chi connectivity index (χ4v) is 2.87. The van der Waals surface area contributed by atoms with E-state index in [1.54, 1.807) is 13.1 Å². The first-order chi connectivity index (χ1) is 13.4. The number of hydrogen-bond donors (Lipinski definition) is 1. The summed E-state index contributed by atoms with van der Waals surface area (Å²) in [4.78, 5) is 9.22. The Morgan fingerprint density at radius 3 is 2.46 bits per heavy atom. The van der Waals surface area contributed by atoms with Gasteiger partial charge in [-0.3, -0.25) is 0 Å². The monoisotopic (exact) mass is 395 g/mol. The molecule has 0 aliphatic heterocycles. The van der Waals surface area contributed by atoms with Gasteiger partial charge in [0.25, 0.3) is 5.88 Å². The number of alkyl halides is 2. The molecule has 0 saturated carbocycles. The lowest BCUT2D eigenvalue weighted by Crippen LogP contribution is -2.17. The Kier molecular flexibility index (Phi) is 7.78. The number of benzene rings is 1. The van der Waals surface area contributed by atoms with Crippen LogP contribution in [0.3, 0.4) is 0 Å². The minimum atomic E-state index is -2.90. The average molecular weight is 395 g/mol. The Bertz CT molecular complexity index is 788. The molecule has 0 amide bonds. The number of nitrogens with zero attached hydrogens (tertiary/aromatic N) is 2. The molecular weight excluding hydrogens is 368 g/mol. The zero-order valence-electron chi connectivity index (χ0n) is 16.9. The maximum absolute atomic E-state index is 12.5. The summed E-state index contributed by atoms with van der Waals surface area (Å²) < 4.78 is 40.8. The normalized spacial score (nSPS) is 12.0. The van der Waals surface area contributed by atoms with Crippen LogP contribution in [-0.4, -0.2) is 36.8 Å². The third-order valence-corrected chi connectivity index (χ3v) is 4.27. The van der Waals surface area contributed by atoms with Crippen molar-refractivity contribution in [2.24, 2.45) is 0 Å². The second-order valence-electron chi connectivity index (χ2n) is 6.24. The van der Waals surface area contributed by atoms with Gasteiger partial charge >= 0.3 is 6.61 Å². The van der Waals surface area contributed by atoms with E-state index < -0.39 is 6.61 Å². The van der Waals surface area contributed by atoms with Crippen LogP contribution in [0.15, 0.2) is 18.2 Å². The Balaban J connectivity index is 2.43. The zero-order chi connectivity index (χ0) is 20.7. The van der Waals surface area contributed by atoms with E-state index in [-0.39, 0.29) is 11.9 Å². The van der Waals surface area contributed by atoms with Crippen molar-refractivity contribution >= 4 is 5.82 Å². The lowest BCUT2D eigenvalue weighted by Gasteiger charge is -2.19. The van der Waals surface area contributed by atoms with E-state index in [2.05, 4.69) is 33.9 Å². The highest BCUT2D eigenvalue weighted by Crippen LogP contribution is 2.36. The summed E-state index contributed by atoms with van der Waals surface area (Å²) in [7, 11) is 3.20. The van der Waals surface area contributed by atoms with Gasteiger partial charge in [-0.15, -0.1) is 0 Å². The van der Waals surface area contributed by atoms with Crippen LogP contribution in [0.1, 0.15) is 38.8 Å². The summed E-state index contributed by atoms with van der Waals surface area (Å²) in [5, 5.41) is 3.02. The molecule has 0 bridgehead atoms. The molecule has 0 fully saturated rings. The van der Waals surface area contributed by atoms with Gasteiger partial charge < -0.3 is 19.5 Å². The average Bonchev–Trinajstić information content (AvgIpc) is 2.67. The van der Waals surface area contributed by atoms with E-state index in [1.165, 1.54) is 19.2 Å². The van der Waals surface area contributed by atoms with E-state index in [0.717, 1.165) is 19.3 Å². The Labute approximate surface area is 164 Å². The van der Waals surface area contributed by atoms with Crippen molar-refractivity contribution < 1.29 is 23.0 Å². The standard InChI is InChI=1S/C20H27F2N3O3/c1-6-8-13(7-2)27-19-18(23-4)25-17(12(3)24-19)15-10-9-14(28-20(21)22)11-16(15)26-5/h9-11,13,20H,6-8H2,1-5H3,(H,23,25). The highest BCUT2D eigenvalue weighted by molar-refractivity contribution is 5.72. The second kappa shape index (κ2) is 10.1. The summed E-state index contributed by atoms with van der Waals surface area (Å²) >= 11 is 0. The minimum Gasteiger partial charge on any atom is -0.496 e. The smallest absolute Gasteiger partial charge is 0.387 e. The van der Waals surface area contributed by atoms with Crippen molar-refractivity contribution in [2.45, 2.75) is 52.7 Å². The molecule has 1 aromatic heterocycles. The van der Waals surface area contributed by atoms with Gasteiger partial charge in [-0.2, -0.15) is 8.78 Å². The highest BCUT2D eigenvalue weighted by atomic mass is 19.3. The molecule has 6 nitrogen and oxygen atoms in total. The van der Waals surface area contributed by atoms with Crippen molar-refractivity contribution in [3.63, 3.8) is 0 Å². The summed E-state index contributed by atoms with van der Waals surface area (Å²) in [6, 6.07) is 4.48. The third kappa shape index (κ3) is 5.21. The molecule has 154 valence electrons. The molecule has 0 aliphatic rings. The van der Waals surface area contributed by atoms with E-state index in [9.17, 15) is 8.78 Å². The number of hydrogen-bond acceptors (Lipinski definition) is 6. The first-order valence-corrected chi connectivity index (χ1v) is 9.29. The largest absolute Gasteiger partial charge is 0.496 e. The SMILES string of the molecule is CCCC(CC)Oc1nc(C)c(-c2ccc(OC(F)F)cc2OC)nc1NC. The third-order valence-electron chi connectivity index (χ3n) is 4.27. The number of aryl methyl sites for hydroxylation is 1. The number of halogens is 2. The molecule has 2 rings (SSSR count). The zero-order valence-corrected chi connectivity index (χ0v) is 16.9. The van der Waals surface area contributed by atoms with Crippen LogP contribution in [0, 0.1) is 6.92 Å². The quantitative estimate of drug-likeness (QED) is 0.606. The van der Waals surface area contributed by atoms with E-state index >= 15 is 0 Å². The fraction of sp³-hybridized carbons (Fsp3) is 0.500. The summed E-state index contributed by atoms with van der Waals surface area (Å²) in [5.41, 5.74) is 1.83. The number of ether oxygens (including phenoxy) is 3. The van der Waals surface area contributed by atoms with Crippen molar-refractivity contribution in [1.29, 1.82) is 0 Å². The second-order valence-corrected chi connectivity index (χ2v) is 6.24. The van der Waals surface area contributed by atoms with Crippen LogP contribution in [0.25, 0.3) is 11.3 Å². The number of anilines is 1. The van der Waals surface area contributed by atoms with Crippen LogP contribution in [0.4, 0.5) is 14.6 Å². The Hall–Kier alpha value is -2.64. The molecule has 1 heterocycles. The fourth-order valence-electron chi connectivity index (χ4n) is 2.87. The Morgan fingerprint density at radius 2 is 1.89 bits per heavy atom. The predicted octanol–water partition coefficient (Wildman–Crippen LogP) is 5.06. The maximum Gasteiger partial charge on any atom is 0.387 e. The molecular formula is C20H27F2N3O3. The van der Waals surface area contributed by atoms with Crippen LogP contribution >= 0.6 is 0 Å². The lowest BCUT2D eigenvalue weighted by atomic mass is 10.1. The molecule has 8 heteroatoms. The lowest BCUT2D eigenvalue weighted by molar-refractivity contribution is -0.0499. The maximum atomic E-state index is 12.5. The van der Waals surface area contributed by atoms with Gasteiger partial charge in [-0.1, -0.05) is 20.3 Å². The summed E-state index contributed by atoms with van der Waals surface area (Å²) in [6.07, 6.45) is 2.89. The molecule has 1 atom stereocenters. The van der Waals surface area contributed by atoms with Crippen molar-refractivity contribution in [2.75, 3.05) is 19.5 Å². The molecule has 0 spiro atoms. The molecule has 2 aromatic rings. The minimum absolute atomic E-state index is 0.0142. The van der Waals surface area contributed by atoms with Gasteiger partial charge in [0.2, 0.25) is 0 Å². The van der Waals surface area contributed by atoms with E-state index in [4.69, 9.17) is 9.47 Å². The van der Waals surface area contributed by atoms with Crippen LogP contribution in [-0.2, 0) is 0 Å². The van der Waals surface area contributed by atoms with Gasteiger partial charge in [-0.05, 0) is 31.9 Å². The number of nitrogens with one attached hydrogen (secondary N) is 1. The van der Waals surface area contributed by atoms with Gasteiger partial charge in [-0.25, -0.2) is 9.97 Å². The molecule has 1 N–H and O–H groups in total. The molecule has 1 aromatic carbocycles. The summed E-state index contributed by atoms with van der Waals surface area (Å²) in [5.74, 6) is 1.33. The van der Waals surface area contributed by atoms with Crippen LogP contribution in [0.5, 0.6) is 17.4 Å². The van der Waals surface area contributed by atoms with Gasteiger partial charge in [0, 0.05) is 18.7 Å². The van der Waals surface area contributed by atoms with Gasteiger partial charge in [0.15, 0.2) is 5.82 Å². The summed E-state index contributed by atoms with van der Waals surface area (Å²) in [6.45, 7) is 3.10. The van der Waals surface area contributed by atoms with E-state index in [1.807, 2.05) is 6.92 Å². The topological polar surface area (TPSA) is 65.5 Å². The highest BCUT2D eigenvalue weighted by Gasteiger charge is 2.19. The number of aromatic nitrogens is 2. The van der Waals surface area contributed by atoms with Crippen molar-refractivity contribution in [3.8, 4) is 28.6 Å². The molecule has 0 saturated heterocycles. The number of rotatable bonds is 10. The van der Waals surface area contributed by atoms with Crippen molar-refractivity contribution in [1.82, 2.24) is 9.97 Å². The molecule has 1 unspecified atom stereocenters. The van der Waals surface area contributed by atoms with E-state index in [0.29, 0.717) is 34.4 Å². The molecule has 0 radical (unpaired) electrons. The predicted molar refractivity (Wildman–Crippen MR) is 105 cm³/mol. The number of methoxy groups -OCH3 is 1. The Morgan fingerprint density at radius 1 is 1.14 bits per heavy atom. The first-order valence-electron chi connectivity index (χ1n) is 9.29. The van der Waals surface area contributed by atoms with Gasteiger partial charge in [0.05, 0.1) is 18.5 Å². The molecule has 28 heavy (non-hydrogen) atoms. The van der Waals surface area contributed by atoms with Crippen LogP contribution in [0.2, 0.25) is 0 Å². The first kappa shape index (κ1) is 21.7. The molecule has 0 aliphatic carbocycles.